The molecule has 1 atom stereocenters. The van der Waals surface area contributed by atoms with Crippen molar-refractivity contribution in [1.82, 2.24) is 0 Å². The van der Waals surface area contributed by atoms with Crippen LogP contribution in [0.4, 0.5) is 18.9 Å². The van der Waals surface area contributed by atoms with Crippen LogP contribution in [0.25, 0.3) is 10.8 Å². The van der Waals surface area contributed by atoms with E-state index in [0.29, 0.717) is 5.69 Å². The van der Waals surface area contributed by atoms with Crippen molar-refractivity contribution in [2.45, 2.75) is 6.18 Å². The molecule has 0 radical (unpaired) electrons. The average Bonchev–Trinajstić information content (AvgIpc) is 2.37. The molecule has 0 aliphatic heterocycles. The molecule has 0 aliphatic carbocycles. The number of alkyl halides is 3. The molecule has 2 aromatic rings. The minimum absolute atomic E-state index is 0.446. The van der Waals surface area contributed by atoms with Gasteiger partial charge in [-0.15, -0.1) is 0 Å². The molecule has 0 saturated carbocycles. The third-order valence-electron chi connectivity index (χ3n) is 2.81. The highest BCUT2D eigenvalue weighted by Crippen LogP contribution is 2.26. The Kier molecular flexibility index (Phi) is 3.61. The van der Waals surface area contributed by atoms with Gasteiger partial charge in [0.05, 0.1) is 6.07 Å². The number of nitrogens with one attached hydrogen (secondary N) is 1. The predicted octanol–water partition coefficient (Wildman–Crippen LogP) is 3.95. The molecule has 0 aromatic heterocycles. The second-order valence-corrected chi connectivity index (χ2v) is 4.17. The van der Waals surface area contributed by atoms with Gasteiger partial charge in [0.2, 0.25) is 0 Å². The molecule has 0 amide bonds. The van der Waals surface area contributed by atoms with E-state index in [4.69, 9.17) is 5.26 Å². The zero-order valence-corrected chi connectivity index (χ0v) is 9.91. The van der Waals surface area contributed by atoms with E-state index in [1.807, 2.05) is 30.3 Å². The van der Waals surface area contributed by atoms with Crippen LogP contribution >= 0.6 is 0 Å². The molecule has 19 heavy (non-hydrogen) atoms. The van der Waals surface area contributed by atoms with Crippen molar-refractivity contribution in [1.29, 1.82) is 5.26 Å². The number of halogens is 3. The average molecular weight is 264 g/mol. The Bertz CT molecular complexity index is 614. The van der Waals surface area contributed by atoms with Crippen LogP contribution < -0.4 is 5.32 Å². The molecule has 1 N–H and O–H groups in total. The second kappa shape index (κ2) is 5.19. The van der Waals surface area contributed by atoms with Crippen molar-refractivity contribution in [2.75, 3.05) is 11.9 Å². The summed E-state index contributed by atoms with van der Waals surface area (Å²) in [5.74, 6) is -2.00. The van der Waals surface area contributed by atoms with E-state index in [2.05, 4.69) is 5.32 Å². The van der Waals surface area contributed by atoms with E-state index in [1.165, 1.54) is 6.07 Å². The minimum atomic E-state index is -4.50. The molecule has 0 bridgehead atoms. The summed E-state index contributed by atoms with van der Waals surface area (Å²) >= 11 is 0. The van der Waals surface area contributed by atoms with Crippen LogP contribution in [0.3, 0.4) is 0 Å². The van der Waals surface area contributed by atoms with Crippen LogP contribution in [0.15, 0.2) is 42.5 Å². The maximum atomic E-state index is 12.4. The highest BCUT2D eigenvalue weighted by atomic mass is 19.4. The lowest BCUT2D eigenvalue weighted by molar-refractivity contribution is -0.155. The fourth-order valence-corrected chi connectivity index (χ4v) is 1.75. The zero-order valence-electron chi connectivity index (χ0n) is 9.91. The number of hydrogen-bond acceptors (Lipinski definition) is 2. The predicted molar refractivity (Wildman–Crippen MR) is 67.6 cm³/mol. The minimum Gasteiger partial charge on any atom is -0.383 e. The van der Waals surface area contributed by atoms with Crippen LogP contribution in [0.5, 0.6) is 0 Å². The smallest absolute Gasteiger partial charge is 0.383 e. The van der Waals surface area contributed by atoms with Crippen molar-refractivity contribution in [3.05, 3.63) is 42.5 Å². The van der Waals surface area contributed by atoms with Crippen molar-refractivity contribution in [3.8, 4) is 6.07 Å². The molecule has 2 rings (SSSR count). The number of fused-ring (bicyclic) bond motifs is 1. The van der Waals surface area contributed by atoms with Crippen LogP contribution in [0.1, 0.15) is 0 Å². The molecule has 0 saturated heterocycles. The molecule has 0 spiro atoms. The summed E-state index contributed by atoms with van der Waals surface area (Å²) in [6.07, 6.45) is -4.50. The second-order valence-electron chi connectivity index (χ2n) is 4.17. The molecule has 0 aliphatic rings. The maximum Gasteiger partial charge on any atom is 0.406 e. The lowest BCUT2D eigenvalue weighted by Gasteiger charge is -2.14. The van der Waals surface area contributed by atoms with Crippen molar-refractivity contribution in [2.24, 2.45) is 5.92 Å². The first-order chi connectivity index (χ1) is 9.00. The van der Waals surface area contributed by atoms with Crippen LogP contribution in [-0.4, -0.2) is 12.7 Å². The Morgan fingerprint density at radius 1 is 1.11 bits per heavy atom. The van der Waals surface area contributed by atoms with Gasteiger partial charge in [-0.05, 0) is 22.9 Å². The van der Waals surface area contributed by atoms with Crippen molar-refractivity contribution in [3.63, 3.8) is 0 Å². The van der Waals surface area contributed by atoms with Gasteiger partial charge in [0, 0.05) is 12.2 Å². The molecule has 1 unspecified atom stereocenters. The number of nitriles is 1. The van der Waals surface area contributed by atoms with Crippen LogP contribution in [-0.2, 0) is 0 Å². The van der Waals surface area contributed by atoms with E-state index in [9.17, 15) is 13.2 Å². The first-order valence-corrected chi connectivity index (χ1v) is 5.70. The van der Waals surface area contributed by atoms with Crippen molar-refractivity contribution >= 4 is 16.5 Å². The fraction of sp³-hybridized carbons (Fsp3) is 0.214. The SMILES string of the molecule is N#CC(CNc1ccc2ccccc2c1)C(F)(F)F. The number of hydrogen-bond donors (Lipinski definition) is 1. The van der Waals surface area contributed by atoms with Gasteiger partial charge in [-0.1, -0.05) is 30.3 Å². The maximum absolute atomic E-state index is 12.4. The highest BCUT2D eigenvalue weighted by Gasteiger charge is 2.39. The summed E-state index contributed by atoms with van der Waals surface area (Å²) in [5.41, 5.74) is 0.572. The normalized spacial score (nSPS) is 12.9. The molecular weight excluding hydrogens is 253 g/mol. The van der Waals surface area contributed by atoms with E-state index in [0.717, 1.165) is 10.8 Å². The summed E-state index contributed by atoms with van der Waals surface area (Å²) in [6.45, 7) is -0.446. The fourth-order valence-electron chi connectivity index (χ4n) is 1.75. The first kappa shape index (κ1) is 13.2. The summed E-state index contributed by atoms with van der Waals surface area (Å²) < 4.78 is 37.2. The molecule has 0 heterocycles. The Morgan fingerprint density at radius 3 is 2.42 bits per heavy atom. The number of nitrogens with zero attached hydrogens (tertiary/aromatic N) is 1. The van der Waals surface area contributed by atoms with Crippen molar-refractivity contribution < 1.29 is 13.2 Å². The lowest BCUT2D eigenvalue weighted by Crippen LogP contribution is -2.28. The Labute approximate surface area is 108 Å². The van der Waals surface area contributed by atoms with Gasteiger partial charge in [0.15, 0.2) is 5.92 Å². The van der Waals surface area contributed by atoms with Gasteiger partial charge < -0.3 is 5.32 Å². The summed E-state index contributed by atoms with van der Waals surface area (Å²) in [7, 11) is 0. The highest BCUT2D eigenvalue weighted by molar-refractivity contribution is 5.85. The van der Waals surface area contributed by atoms with Crippen LogP contribution in [0, 0.1) is 17.2 Å². The number of anilines is 1. The van der Waals surface area contributed by atoms with Gasteiger partial charge in [-0.3, -0.25) is 0 Å². The summed E-state index contributed by atoms with van der Waals surface area (Å²) in [4.78, 5) is 0. The van der Waals surface area contributed by atoms with Gasteiger partial charge >= 0.3 is 6.18 Å². The van der Waals surface area contributed by atoms with Gasteiger partial charge in [-0.2, -0.15) is 18.4 Å². The molecule has 98 valence electrons. The molecule has 5 heteroatoms. The Hall–Kier alpha value is -2.22. The first-order valence-electron chi connectivity index (χ1n) is 5.70. The van der Waals surface area contributed by atoms with Gasteiger partial charge in [0.1, 0.15) is 0 Å². The lowest BCUT2D eigenvalue weighted by atomic mass is 10.1. The van der Waals surface area contributed by atoms with Gasteiger partial charge in [-0.25, -0.2) is 0 Å². The molecule has 2 nitrogen and oxygen atoms in total. The van der Waals surface area contributed by atoms with E-state index < -0.39 is 18.6 Å². The van der Waals surface area contributed by atoms with Gasteiger partial charge in [0.25, 0.3) is 0 Å². The Balaban J connectivity index is 2.12. The van der Waals surface area contributed by atoms with E-state index in [1.54, 1.807) is 12.1 Å². The molecule has 0 fully saturated rings. The zero-order chi connectivity index (χ0) is 13.9. The third-order valence-corrected chi connectivity index (χ3v) is 2.81. The summed E-state index contributed by atoms with van der Waals surface area (Å²) in [6, 6.07) is 14.1. The monoisotopic (exact) mass is 264 g/mol. The Morgan fingerprint density at radius 2 is 1.79 bits per heavy atom. The molecular formula is C14H11F3N2. The standard InChI is InChI=1S/C14H11F3N2/c15-14(16,17)12(8-18)9-19-13-6-5-10-3-1-2-4-11(10)7-13/h1-7,12,19H,9H2. The number of benzene rings is 2. The number of rotatable bonds is 3. The summed E-state index contributed by atoms with van der Waals surface area (Å²) in [5, 5.41) is 13.1. The van der Waals surface area contributed by atoms with Crippen LogP contribution in [0.2, 0.25) is 0 Å². The topological polar surface area (TPSA) is 35.8 Å². The van der Waals surface area contributed by atoms with E-state index >= 15 is 0 Å². The largest absolute Gasteiger partial charge is 0.406 e. The quantitative estimate of drug-likeness (QED) is 0.911. The van der Waals surface area contributed by atoms with E-state index in [-0.39, 0.29) is 0 Å². The molecule has 2 aromatic carbocycles. The third kappa shape index (κ3) is 3.16.